The molecule has 2 fully saturated rings. The summed E-state index contributed by atoms with van der Waals surface area (Å²) in [5, 5.41) is 0. The molecule has 1 aliphatic heterocycles. The van der Waals surface area contributed by atoms with Gasteiger partial charge < -0.3 is 14.2 Å². The van der Waals surface area contributed by atoms with Crippen LogP contribution in [0.25, 0.3) is 0 Å². The highest BCUT2D eigenvalue weighted by atomic mass is 16.5. The first-order valence-corrected chi connectivity index (χ1v) is 25.0. The number of unbranched alkanes of at least 4 members (excludes halogenated alkanes) is 21. The first-order valence-electron chi connectivity index (χ1n) is 25.0. The van der Waals surface area contributed by atoms with E-state index in [1.54, 1.807) is 6.92 Å². The normalized spacial score (nSPS) is 16.6. The summed E-state index contributed by atoms with van der Waals surface area (Å²) in [4.78, 5) is 50.4. The molecule has 0 aromatic carbocycles. The van der Waals surface area contributed by atoms with Gasteiger partial charge in [-0.3, -0.25) is 24.1 Å². The lowest BCUT2D eigenvalue weighted by Gasteiger charge is -2.23. The molecule has 2 unspecified atom stereocenters. The second-order valence-corrected chi connectivity index (χ2v) is 17.9. The molecule has 1 aliphatic carbocycles. The fourth-order valence-electron chi connectivity index (χ4n) is 8.00. The fourth-order valence-corrected chi connectivity index (χ4v) is 8.00. The second-order valence-electron chi connectivity index (χ2n) is 17.9. The molecule has 0 N–H and O–H groups in total. The van der Waals surface area contributed by atoms with Gasteiger partial charge in [-0.1, -0.05) is 150 Å². The SMILES string of the molecule is CC(=O)C1CC1.CCCCCCCCCCCOC(=O)CCCCCN1CC(C)CC1C(=O)OCCCCC(=O)OC(CCCCCCCC)CCCCCCCC. The van der Waals surface area contributed by atoms with E-state index < -0.39 is 0 Å². The van der Waals surface area contributed by atoms with Crippen molar-refractivity contribution < 1.29 is 33.4 Å². The highest BCUT2D eigenvalue weighted by Gasteiger charge is 2.35. The van der Waals surface area contributed by atoms with E-state index >= 15 is 0 Å². The molecule has 1 saturated heterocycles. The third-order valence-electron chi connectivity index (χ3n) is 12.0. The van der Waals surface area contributed by atoms with E-state index in [0.717, 1.165) is 90.1 Å². The van der Waals surface area contributed by atoms with E-state index in [9.17, 15) is 19.2 Å². The van der Waals surface area contributed by atoms with Gasteiger partial charge in [0.05, 0.1) is 13.2 Å². The summed E-state index contributed by atoms with van der Waals surface area (Å²) >= 11 is 0. The second kappa shape index (κ2) is 38.0. The van der Waals surface area contributed by atoms with E-state index in [-0.39, 0.29) is 30.1 Å². The Balaban J connectivity index is 0.00000255. The number of Topliss-reactive ketones (excluding diaryl/α,β-unsaturated/α-hetero) is 1. The highest BCUT2D eigenvalue weighted by molar-refractivity contribution is 5.80. The van der Waals surface area contributed by atoms with Crippen LogP contribution in [0.4, 0.5) is 0 Å². The average molecular weight is 820 g/mol. The summed E-state index contributed by atoms with van der Waals surface area (Å²) in [6, 6.07) is -0.189. The Kier molecular flexibility index (Phi) is 35.4. The van der Waals surface area contributed by atoms with Crippen molar-refractivity contribution >= 4 is 23.7 Å². The van der Waals surface area contributed by atoms with Crippen LogP contribution in [0.1, 0.15) is 247 Å². The summed E-state index contributed by atoms with van der Waals surface area (Å²) in [7, 11) is 0. The van der Waals surface area contributed by atoms with Crippen molar-refractivity contribution in [3.8, 4) is 0 Å². The molecule has 1 saturated carbocycles. The maximum Gasteiger partial charge on any atom is 0.323 e. The van der Waals surface area contributed by atoms with Gasteiger partial charge in [-0.05, 0) is 96.4 Å². The molecule has 2 rings (SSSR count). The Hall–Kier alpha value is -1.96. The molecule has 8 heteroatoms. The number of ketones is 1. The van der Waals surface area contributed by atoms with Crippen LogP contribution < -0.4 is 0 Å². The van der Waals surface area contributed by atoms with Gasteiger partial charge in [-0.25, -0.2) is 0 Å². The van der Waals surface area contributed by atoms with Crippen molar-refractivity contribution in [2.45, 2.75) is 259 Å². The summed E-state index contributed by atoms with van der Waals surface area (Å²) in [6.45, 7) is 13.3. The molecule has 0 aromatic heterocycles. The maximum absolute atomic E-state index is 13.0. The van der Waals surface area contributed by atoms with Crippen molar-refractivity contribution in [3.63, 3.8) is 0 Å². The molecule has 0 aromatic rings. The highest BCUT2D eigenvalue weighted by Crippen LogP contribution is 2.29. The lowest BCUT2D eigenvalue weighted by Crippen LogP contribution is -2.38. The molecule has 0 amide bonds. The number of hydrogen-bond acceptors (Lipinski definition) is 8. The predicted molar refractivity (Wildman–Crippen MR) is 240 cm³/mol. The Morgan fingerprint density at radius 1 is 0.552 bits per heavy atom. The molecule has 0 radical (unpaired) electrons. The standard InChI is InChI=1S/C45H85NO6.C5H8O/c1-5-8-11-14-17-18-19-22-29-36-50-43(47)33-26-23-28-35-46-39-40(4)38-42(46)45(49)51-37-30-27-34-44(48)52-41(31-24-20-15-12-9-6-2)32-25-21-16-13-10-7-3;1-4(6)5-2-3-5/h40-42H,5-39H2,1-4H3;5H,2-3H2,1H3. The minimum absolute atomic E-state index is 0.0428. The van der Waals surface area contributed by atoms with E-state index in [4.69, 9.17) is 14.2 Å². The Morgan fingerprint density at radius 2 is 1.00 bits per heavy atom. The van der Waals surface area contributed by atoms with Crippen LogP contribution in [0, 0.1) is 11.8 Å². The monoisotopic (exact) mass is 820 g/mol. The summed E-state index contributed by atoms with van der Waals surface area (Å²) in [5.74, 6) is 0.982. The molecule has 1 heterocycles. The molecular formula is C50H93NO7. The number of nitrogens with zero attached hydrogens (tertiary/aromatic N) is 1. The molecule has 2 aliphatic rings. The zero-order chi connectivity index (χ0) is 42.5. The zero-order valence-corrected chi connectivity index (χ0v) is 38.8. The molecule has 2 atom stereocenters. The van der Waals surface area contributed by atoms with Crippen LogP contribution in [0.3, 0.4) is 0 Å². The number of esters is 3. The van der Waals surface area contributed by atoms with Crippen LogP contribution in [-0.4, -0.2) is 67.0 Å². The van der Waals surface area contributed by atoms with Crippen molar-refractivity contribution in [2.75, 3.05) is 26.3 Å². The Labute approximate surface area is 357 Å². The van der Waals surface area contributed by atoms with E-state index in [1.807, 2.05) is 0 Å². The largest absolute Gasteiger partial charge is 0.466 e. The van der Waals surface area contributed by atoms with Crippen molar-refractivity contribution in [3.05, 3.63) is 0 Å². The summed E-state index contributed by atoms with van der Waals surface area (Å²) < 4.78 is 17.1. The number of likely N-dealkylation sites (tertiary alicyclic amines) is 1. The van der Waals surface area contributed by atoms with Crippen molar-refractivity contribution in [1.29, 1.82) is 0 Å². The van der Waals surface area contributed by atoms with Gasteiger partial charge in [0, 0.05) is 25.3 Å². The lowest BCUT2D eigenvalue weighted by atomic mass is 10.0. The van der Waals surface area contributed by atoms with Crippen LogP contribution in [-0.2, 0) is 33.4 Å². The maximum atomic E-state index is 13.0. The van der Waals surface area contributed by atoms with Crippen molar-refractivity contribution in [2.24, 2.45) is 11.8 Å². The minimum atomic E-state index is -0.189. The first kappa shape index (κ1) is 54.1. The van der Waals surface area contributed by atoms with Gasteiger partial charge in [-0.2, -0.15) is 0 Å². The number of carbonyl (C=O) groups excluding carboxylic acids is 4. The third kappa shape index (κ3) is 31.9. The smallest absolute Gasteiger partial charge is 0.323 e. The molecule has 8 nitrogen and oxygen atoms in total. The van der Waals surface area contributed by atoms with E-state index in [0.29, 0.717) is 56.5 Å². The van der Waals surface area contributed by atoms with Crippen LogP contribution in [0.2, 0.25) is 0 Å². The Morgan fingerprint density at radius 3 is 1.52 bits per heavy atom. The van der Waals surface area contributed by atoms with E-state index in [2.05, 4.69) is 32.6 Å². The van der Waals surface area contributed by atoms with Crippen LogP contribution in [0.15, 0.2) is 0 Å². The molecule has 340 valence electrons. The summed E-state index contributed by atoms with van der Waals surface area (Å²) in [6.07, 6.45) is 36.5. The average Bonchev–Trinajstić information content (AvgIpc) is 4.00. The molecule has 0 spiro atoms. The number of rotatable bonds is 38. The number of carbonyl (C=O) groups is 4. The van der Waals surface area contributed by atoms with Gasteiger partial charge >= 0.3 is 17.9 Å². The first-order chi connectivity index (χ1) is 28.2. The van der Waals surface area contributed by atoms with Gasteiger partial charge in [0.1, 0.15) is 17.9 Å². The van der Waals surface area contributed by atoms with E-state index in [1.165, 1.54) is 109 Å². The predicted octanol–water partition coefficient (Wildman–Crippen LogP) is 13.4. The number of hydrogen-bond donors (Lipinski definition) is 0. The zero-order valence-electron chi connectivity index (χ0n) is 38.8. The molecular weight excluding hydrogens is 727 g/mol. The third-order valence-corrected chi connectivity index (χ3v) is 12.0. The fraction of sp³-hybridized carbons (Fsp3) is 0.920. The lowest BCUT2D eigenvalue weighted by molar-refractivity contribution is -0.150. The quantitative estimate of drug-likeness (QED) is 0.0345. The molecule has 58 heavy (non-hydrogen) atoms. The minimum Gasteiger partial charge on any atom is -0.466 e. The van der Waals surface area contributed by atoms with Gasteiger partial charge in [0.15, 0.2) is 0 Å². The van der Waals surface area contributed by atoms with Crippen LogP contribution in [0.5, 0.6) is 0 Å². The Bertz CT molecular complexity index is 998. The van der Waals surface area contributed by atoms with Gasteiger partial charge in [0.25, 0.3) is 0 Å². The van der Waals surface area contributed by atoms with Gasteiger partial charge in [-0.15, -0.1) is 0 Å². The van der Waals surface area contributed by atoms with Crippen molar-refractivity contribution in [1.82, 2.24) is 4.90 Å². The van der Waals surface area contributed by atoms with Gasteiger partial charge in [0.2, 0.25) is 0 Å². The summed E-state index contributed by atoms with van der Waals surface area (Å²) in [5.41, 5.74) is 0. The molecule has 0 bridgehead atoms. The number of ether oxygens (including phenoxy) is 3. The van der Waals surface area contributed by atoms with Crippen LogP contribution >= 0.6 is 0 Å². The topological polar surface area (TPSA) is 99.2 Å².